The van der Waals surface area contributed by atoms with Crippen LogP contribution in [0.1, 0.15) is 22.3 Å². The van der Waals surface area contributed by atoms with E-state index in [-0.39, 0.29) is 5.91 Å². The number of aryl methyl sites for hydroxylation is 1. The monoisotopic (exact) mass is 353 g/mol. The second-order valence-electron chi connectivity index (χ2n) is 4.41. The van der Waals surface area contributed by atoms with Crippen LogP contribution in [-0.4, -0.2) is 19.1 Å². The molecule has 1 heterocycles. The molecule has 0 aliphatic carbocycles. The van der Waals surface area contributed by atoms with Crippen LogP contribution in [0.5, 0.6) is 5.75 Å². The maximum Gasteiger partial charge on any atom is 0.252 e. The fourth-order valence-electron chi connectivity index (χ4n) is 1.70. The molecular formula is C15H16BrNO2S. The first-order chi connectivity index (χ1) is 9.65. The number of nitrogens with one attached hydrogen (secondary N) is 1. The number of hydrogen-bond acceptors (Lipinski definition) is 3. The zero-order valence-electron chi connectivity index (χ0n) is 11.2. The van der Waals surface area contributed by atoms with Crippen LogP contribution >= 0.6 is 27.3 Å². The van der Waals surface area contributed by atoms with Gasteiger partial charge >= 0.3 is 0 Å². The first-order valence-electron chi connectivity index (χ1n) is 6.37. The lowest BCUT2D eigenvalue weighted by molar-refractivity contribution is 0.0952. The van der Waals surface area contributed by atoms with E-state index in [9.17, 15) is 4.79 Å². The molecule has 1 N–H and O–H groups in total. The quantitative estimate of drug-likeness (QED) is 0.796. The van der Waals surface area contributed by atoms with Crippen LogP contribution in [0.2, 0.25) is 0 Å². The largest absolute Gasteiger partial charge is 0.494 e. The third-order valence-corrected chi connectivity index (χ3v) is 4.20. The van der Waals surface area contributed by atoms with Gasteiger partial charge in [0.05, 0.1) is 16.0 Å². The molecule has 20 heavy (non-hydrogen) atoms. The van der Waals surface area contributed by atoms with E-state index in [1.54, 1.807) is 0 Å². The first-order valence-corrected chi connectivity index (χ1v) is 8.04. The maximum absolute atomic E-state index is 11.8. The average molecular weight is 354 g/mol. The lowest BCUT2D eigenvalue weighted by Crippen LogP contribution is -2.25. The second kappa shape index (κ2) is 7.45. The number of ether oxygens (including phenoxy) is 1. The van der Waals surface area contributed by atoms with E-state index in [1.807, 2.05) is 42.6 Å². The Morgan fingerprint density at radius 2 is 2.25 bits per heavy atom. The normalized spacial score (nSPS) is 10.3. The maximum atomic E-state index is 11.8. The minimum absolute atomic E-state index is 0.0393. The van der Waals surface area contributed by atoms with Crippen LogP contribution in [0.4, 0.5) is 0 Å². The summed E-state index contributed by atoms with van der Waals surface area (Å²) in [5.41, 5.74) is 1.88. The summed E-state index contributed by atoms with van der Waals surface area (Å²) >= 11 is 4.85. The summed E-state index contributed by atoms with van der Waals surface area (Å²) in [6.45, 7) is 3.24. The van der Waals surface area contributed by atoms with Crippen LogP contribution in [0.3, 0.4) is 0 Å². The van der Waals surface area contributed by atoms with Crippen LogP contribution in [0, 0.1) is 6.92 Å². The van der Waals surface area contributed by atoms with Crippen molar-refractivity contribution in [1.29, 1.82) is 0 Å². The van der Waals surface area contributed by atoms with E-state index >= 15 is 0 Å². The van der Waals surface area contributed by atoms with E-state index in [4.69, 9.17) is 4.74 Å². The summed E-state index contributed by atoms with van der Waals surface area (Å²) in [6.07, 6.45) is 0.783. The highest BCUT2D eigenvalue weighted by atomic mass is 79.9. The van der Waals surface area contributed by atoms with Crippen molar-refractivity contribution in [2.24, 2.45) is 0 Å². The van der Waals surface area contributed by atoms with Gasteiger partial charge in [0.15, 0.2) is 0 Å². The Morgan fingerprint density at radius 1 is 1.40 bits per heavy atom. The number of rotatable bonds is 6. The van der Waals surface area contributed by atoms with Crippen LogP contribution in [-0.2, 0) is 0 Å². The molecule has 3 nitrogen and oxygen atoms in total. The lowest BCUT2D eigenvalue weighted by atomic mass is 10.2. The van der Waals surface area contributed by atoms with Crippen LogP contribution in [0.25, 0.3) is 0 Å². The van der Waals surface area contributed by atoms with Crippen molar-refractivity contribution in [2.45, 2.75) is 13.3 Å². The standard InChI is InChI=1S/C15H16BrNO2S/c1-11-4-2-5-13(8-11)19-7-3-6-17-15(18)12-9-14(16)20-10-12/h2,4-5,8-10H,3,6-7H2,1H3,(H,17,18). The second-order valence-corrected chi connectivity index (χ2v) is 6.70. The number of hydrogen-bond donors (Lipinski definition) is 1. The molecule has 0 saturated carbocycles. The van der Waals surface area contributed by atoms with Crippen LogP contribution < -0.4 is 10.1 Å². The Hall–Kier alpha value is -1.33. The first kappa shape index (κ1) is 15.1. The van der Waals surface area contributed by atoms with Gasteiger partial charge in [0.2, 0.25) is 0 Å². The fraction of sp³-hybridized carbons (Fsp3) is 0.267. The van der Waals surface area contributed by atoms with Crippen molar-refractivity contribution < 1.29 is 9.53 Å². The number of benzene rings is 1. The average Bonchev–Trinajstić information content (AvgIpc) is 2.85. The predicted octanol–water partition coefficient (Wildman–Crippen LogP) is 4.02. The van der Waals surface area contributed by atoms with Gasteiger partial charge in [-0.2, -0.15) is 0 Å². The van der Waals surface area contributed by atoms with Gasteiger partial charge in [-0.15, -0.1) is 11.3 Å². The molecule has 0 spiro atoms. The van der Waals surface area contributed by atoms with Crippen molar-refractivity contribution in [1.82, 2.24) is 5.32 Å². The van der Waals surface area contributed by atoms with Crippen molar-refractivity contribution in [3.05, 3.63) is 50.6 Å². The van der Waals surface area contributed by atoms with Gasteiger partial charge in [-0.05, 0) is 53.0 Å². The molecule has 0 fully saturated rings. The summed E-state index contributed by atoms with van der Waals surface area (Å²) in [7, 11) is 0. The van der Waals surface area contributed by atoms with Crippen molar-refractivity contribution in [2.75, 3.05) is 13.2 Å². The molecule has 1 amide bonds. The van der Waals surface area contributed by atoms with Gasteiger partial charge in [-0.1, -0.05) is 12.1 Å². The molecular weight excluding hydrogens is 338 g/mol. The molecule has 0 unspecified atom stereocenters. The summed E-state index contributed by atoms with van der Waals surface area (Å²) in [5, 5.41) is 4.71. The molecule has 1 aromatic carbocycles. The third kappa shape index (κ3) is 4.65. The van der Waals surface area contributed by atoms with Gasteiger partial charge in [0.1, 0.15) is 5.75 Å². The van der Waals surface area contributed by atoms with Crippen molar-refractivity contribution >= 4 is 33.2 Å². The van der Waals surface area contributed by atoms with Gasteiger partial charge in [0.25, 0.3) is 5.91 Å². The highest BCUT2D eigenvalue weighted by molar-refractivity contribution is 9.11. The Labute approximate surface area is 131 Å². The van der Waals surface area contributed by atoms with Gasteiger partial charge in [0, 0.05) is 11.9 Å². The Morgan fingerprint density at radius 3 is 2.95 bits per heavy atom. The van der Waals surface area contributed by atoms with E-state index in [0.29, 0.717) is 18.7 Å². The van der Waals surface area contributed by atoms with E-state index in [2.05, 4.69) is 21.2 Å². The predicted molar refractivity (Wildman–Crippen MR) is 85.6 cm³/mol. The van der Waals surface area contributed by atoms with Gasteiger partial charge < -0.3 is 10.1 Å². The Balaban J connectivity index is 1.65. The van der Waals surface area contributed by atoms with Gasteiger partial charge in [-0.3, -0.25) is 4.79 Å². The topological polar surface area (TPSA) is 38.3 Å². The number of halogens is 1. The number of carbonyl (C=O) groups is 1. The molecule has 2 aromatic rings. The molecule has 0 radical (unpaired) electrons. The highest BCUT2D eigenvalue weighted by Gasteiger charge is 2.06. The molecule has 106 valence electrons. The zero-order valence-corrected chi connectivity index (χ0v) is 13.6. The Bertz CT molecular complexity index is 583. The number of thiophene rings is 1. The molecule has 0 saturated heterocycles. The van der Waals surface area contributed by atoms with Crippen molar-refractivity contribution in [3.63, 3.8) is 0 Å². The third-order valence-electron chi connectivity index (χ3n) is 2.69. The molecule has 0 bridgehead atoms. The molecule has 1 aromatic heterocycles. The fourth-order valence-corrected chi connectivity index (χ4v) is 2.84. The zero-order chi connectivity index (χ0) is 14.4. The smallest absolute Gasteiger partial charge is 0.252 e. The number of carbonyl (C=O) groups excluding carboxylic acids is 1. The lowest BCUT2D eigenvalue weighted by Gasteiger charge is -2.07. The molecule has 5 heteroatoms. The summed E-state index contributed by atoms with van der Waals surface area (Å²) in [5.74, 6) is 0.834. The molecule has 2 rings (SSSR count). The van der Waals surface area contributed by atoms with Crippen molar-refractivity contribution in [3.8, 4) is 5.75 Å². The highest BCUT2D eigenvalue weighted by Crippen LogP contribution is 2.20. The summed E-state index contributed by atoms with van der Waals surface area (Å²) < 4.78 is 6.59. The van der Waals surface area contributed by atoms with E-state index in [1.165, 1.54) is 16.9 Å². The van der Waals surface area contributed by atoms with Crippen LogP contribution in [0.15, 0.2) is 39.5 Å². The minimum Gasteiger partial charge on any atom is -0.494 e. The minimum atomic E-state index is -0.0393. The molecule has 0 aliphatic rings. The Kier molecular flexibility index (Phi) is 5.61. The molecule has 0 atom stereocenters. The molecule has 0 aliphatic heterocycles. The van der Waals surface area contributed by atoms with Gasteiger partial charge in [-0.25, -0.2) is 0 Å². The number of amides is 1. The summed E-state index contributed by atoms with van der Waals surface area (Å²) in [6, 6.07) is 9.77. The van der Waals surface area contributed by atoms with E-state index < -0.39 is 0 Å². The van der Waals surface area contributed by atoms with E-state index in [0.717, 1.165) is 16.0 Å². The SMILES string of the molecule is Cc1cccc(OCCCNC(=O)c2csc(Br)c2)c1. The summed E-state index contributed by atoms with van der Waals surface area (Å²) in [4.78, 5) is 11.8.